The van der Waals surface area contributed by atoms with Crippen LogP contribution in [0.25, 0.3) is 0 Å². The van der Waals surface area contributed by atoms with Crippen molar-refractivity contribution < 1.29 is 29.4 Å². The maximum absolute atomic E-state index is 12.6. The molecule has 0 saturated carbocycles. The summed E-state index contributed by atoms with van der Waals surface area (Å²) in [4.78, 5) is 48.2. The third-order valence-electron chi connectivity index (χ3n) is 5.08. The van der Waals surface area contributed by atoms with Gasteiger partial charge in [0.15, 0.2) is 0 Å². The van der Waals surface area contributed by atoms with Gasteiger partial charge in [-0.2, -0.15) is 0 Å². The Morgan fingerprint density at radius 2 is 1.37 bits per heavy atom. The van der Waals surface area contributed by atoms with Crippen molar-refractivity contribution in [3.05, 3.63) is 89.0 Å². The molecule has 35 heavy (non-hydrogen) atoms. The minimum atomic E-state index is -1.40. The molecule has 9 heteroatoms. The van der Waals surface area contributed by atoms with Crippen molar-refractivity contribution in [2.75, 3.05) is 16.4 Å². The summed E-state index contributed by atoms with van der Waals surface area (Å²) in [6.45, 7) is 4.21. The van der Waals surface area contributed by atoms with E-state index in [4.69, 9.17) is 5.11 Å². The van der Waals surface area contributed by atoms with E-state index in [1.165, 1.54) is 29.5 Å². The molecule has 2 amide bonds. The number of aromatic carboxylic acids is 2. The van der Waals surface area contributed by atoms with Crippen LogP contribution in [0.15, 0.2) is 71.6 Å². The van der Waals surface area contributed by atoms with Gasteiger partial charge in [-0.25, -0.2) is 9.59 Å². The highest BCUT2D eigenvalue weighted by Crippen LogP contribution is 2.22. The molecule has 3 aromatic carbocycles. The van der Waals surface area contributed by atoms with Gasteiger partial charge >= 0.3 is 11.9 Å². The molecule has 0 bridgehead atoms. The van der Waals surface area contributed by atoms with E-state index < -0.39 is 23.4 Å². The van der Waals surface area contributed by atoms with Crippen molar-refractivity contribution >= 4 is 46.9 Å². The Kier molecular flexibility index (Phi) is 8.27. The molecule has 8 nitrogen and oxygen atoms in total. The van der Waals surface area contributed by atoms with Gasteiger partial charge in [0.05, 0.1) is 22.4 Å². The molecule has 0 atom stereocenters. The largest absolute Gasteiger partial charge is 0.478 e. The van der Waals surface area contributed by atoms with E-state index >= 15 is 0 Å². The number of hydrogen-bond donors (Lipinski definition) is 4. The number of carbonyl (C=O) groups is 4. The molecule has 0 aliphatic carbocycles. The van der Waals surface area contributed by atoms with Crippen LogP contribution in [0, 0.1) is 0 Å². The van der Waals surface area contributed by atoms with E-state index in [0.717, 1.165) is 16.6 Å². The second-order valence-electron chi connectivity index (χ2n) is 7.96. The highest BCUT2D eigenvalue weighted by Gasteiger charge is 2.19. The summed E-state index contributed by atoms with van der Waals surface area (Å²) in [5.74, 6) is -2.89. The number of anilines is 2. The van der Waals surface area contributed by atoms with Gasteiger partial charge in [0.25, 0.3) is 5.91 Å². The van der Waals surface area contributed by atoms with Crippen LogP contribution in [0.5, 0.6) is 0 Å². The fraction of sp³-hybridized carbons (Fsp3) is 0.154. The van der Waals surface area contributed by atoms with E-state index in [-0.39, 0.29) is 22.8 Å². The zero-order chi connectivity index (χ0) is 25.5. The van der Waals surface area contributed by atoms with E-state index in [1.54, 1.807) is 24.3 Å². The van der Waals surface area contributed by atoms with Gasteiger partial charge in [-0.15, -0.1) is 11.8 Å². The number of thioether (sulfide) groups is 1. The first-order valence-corrected chi connectivity index (χ1v) is 11.7. The second-order valence-corrected chi connectivity index (χ2v) is 9.01. The summed E-state index contributed by atoms with van der Waals surface area (Å²) in [6, 6.07) is 17.7. The summed E-state index contributed by atoms with van der Waals surface area (Å²) in [5, 5.41) is 23.8. The average Bonchev–Trinajstić information content (AvgIpc) is 2.83. The summed E-state index contributed by atoms with van der Waals surface area (Å²) in [6.07, 6.45) is 0. The number of carboxylic acid groups (broad SMARTS) is 2. The summed E-state index contributed by atoms with van der Waals surface area (Å²) >= 11 is 1.33. The third kappa shape index (κ3) is 6.94. The number of carbonyl (C=O) groups excluding carboxylic acids is 2. The maximum atomic E-state index is 12.6. The molecular weight excluding hydrogens is 468 g/mol. The van der Waals surface area contributed by atoms with E-state index in [2.05, 4.69) is 24.5 Å². The van der Waals surface area contributed by atoms with Gasteiger partial charge in [-0.1, -0.05) is 26.0 Å². The molecule has 3 aromatic rings. The Morgan fingerprint density at radius 1 is 0.771 bits per heavy atom. The Hall–Kier alpha value is -4.11. The molecule has 4 N–H and O–H groups in total. The van der Waals surface area contributed by atoms with Crippen LogP contribution in [0.4, 0.5) is 11.4 Å². The number of benzene rings is 3. The van der Waals surface area contributed by atoms with E-state index in [1.807, 2.05) is 24.3 Å². The van der Waals surface area contributed by atoms with Crippen molar-refractivity contribution in [3.63, 3.8) is 0 Å². The lowest BCUT2D eigenvalue weighted by molar-refractivity contribution is -0.113. The zero-order valence-corrected chi connectivity index (χ0v) is 19.9. The highest BCUT2D eigenvalue weighted by atomic mass is 32.2. The van der Waals surface area contributed by atoms with Crippen LogP contribution in [-0.2, 0) is 4.79 Å². The van der Waals surface area contributed by atoms with Crippen molar-refractivity contribution in [1.82, 2.24) is 0 Å². The van der Waals surface area contributed by atoms with Gasteiger partial charge in [-0.05, 0) is 66.1 Å². The van der Waals surface area contributed by atoms with E-state index in [9.17, 15) is 24.3 Å². The number of nitrogens with one attached hydrogen (secondary N) is 2. The topological polar surface area (TPSA) is 133 Å². The quantitative estimate of drug-likeness (QED) is 0.302. The molecular formula is C26H24N2O6S. The minimum absolute atomic E-state index is 0.143. The van der Waals surface area contributed by atoms with Crippen LogP contribution in [-0.4, -0.2) is 39.7 Å². The van der Waals surface area contributed by atoms with Crippen molar-refractivity contribution in [2.45, 2.75) is 24.7 Å². The lowest BCUT2D eigenvalue weighted by Gasteiger charge is -2.10. The van der Waals surface area contributed by atoms with Gasteiger partial charge in [0, 0.05) is 16.3 Å². The number of amides is 2. The van der Waals surface area contributed by atoms with Crippen molar-refractivity contribution in [2.24, 2.45) is 0 Å². The normalized spacial score (nSPS) is 10.6. The van der Waals surface area contributed by atoms with Crippen molar-refractivity contribution in [3.8, 4) is 0 Å². The SMILES string of the molecule is CC(C)c1ccc(NC(=O)CSc2ccc(NC(=O)c3ccc(C(=O)O)cc3C(=O)O)cc2)cc1. The smallest absolute Gasteiger partial charge is 0.336 e. The maximum Gasteiger partial charge on any atom is 0.336 e. The predicted molar refractivity (Wildman–Crippen MR) is 135 cm³/mol. The highest BCUT2D eigenvalue weighted by molar-refractivity contribution is 8.00. The fourth-order valence-corrected chi connectivity index (χ4v) is 3.88. The minimum Gasteiger partial charge on any atom is -0.478 e. The molecule has 0 aliphatic rings. The molecule has 0 unspecified atom stereocenters. The lowest BCUT2D eigenvalue weighted by atomic mass is 10.0. The van der Waals surface area contributed by atoms with Crippen LogP contribution in [0.1, 0.15) is 56.4 Å². The molecule has 0 fully saturated rings. The monoisotopic (exact) mass is 492 g/mol. The number of hydrogen-bond acceptors (Lipinski definition) is 5. The first kappa shape index (κ1) is 25.5. The average molecular weight is 493 g/mol. The molecule has 0 radical (unpaired) electrons. The summed E-state index contributed by atoms with van der Waals surface area (Å²) < 4.78 is 0. The summed E-state index contributed by atoms with van der Waals surface area (Å²) in [7, 11) is 0. The van der Waals surface area contributed by atoms with Gasteiger partial charge in [0.1, 0.15) is 0 Å². The number of carboxylic acids is 2. The Balaban J connectivity index is 1.57. The zero-order valence-electron chi connectivity index (χ0n) is 19.1. The van der Waals surface area contributed by atoms with Gasteiger partial charge in [0.2, 0.25) is 5.91 Å². The van der Waals surface area contributed by atoms with E-state index in [0.29, 0.717) is 11.6 Å². The van der Waals surface area contributed by atoms with Gasteiger partial charge < -0.3 is 20.8 Å². The van der Waals surface area contributed by atoms with Crippen LogP contribution in [0.3, 0.4) is 0 Å². The fourth-order valence-electron chi connectivity index (χ4n) is 3.18. The molecule has 0 aliphatic heterocycles. The molecule has 3 rings (SSSR count). The molecule has 0 spiro atoms. The van der Waals surface area contributed by atoms with Crippen LogP contribution < -0.4 is 10.6 Å². The van der Waals surface area contributed by atoms with Crippen LogP contribution in [0.2, 0.25) is 0 Å². The molecule has 0 saturated heterocycles. The summed E-state index contributed by atoms with van der Waals surface area (Å²) in [5.41, 5.74) is 1.57. The predicted octanol–water partition coefficient (Wildman–Crippen LogP) is 5.19. The lowest BCUT2D eigenvalue weighted by Crippen LogP contribution is -2.17. The standard InChI is InChI=1S/C26H24N2O6S/c1-15(2)16-3-6-18(7-4-16)27-23(29)14-35-20-10-8-19(9-11-20)28-24(30)21-12-5-17(25(31)32)13-22(21)26(33)34/h3-13,15H,14H2,1-2H3,(H,27,29)(H,28,30)(H,31,32)(H,33,34). The Labute approximate surface area is 206 Å². The molecule has 180 valence electrons. The number of rotatable bonds is 9. The first-order chi connectivity index (χ1) is 16.6. The van der Waals surface area contributed by atoms with Gasteiger partial charge in [-0.3, -0.25) is 9.59 Å². The first-order valence-electron chi connectivity index (χ1n) is 10.7. The second kappa shape index (κ2) is 11.3. The van der Waals surface area contributed by atoms with Crippen LogP contribution >= 0.6 is 11.8 Å². The Bertz CT molecular complexity index is 1250. The van der Waals surface area contributed by atoms with Crippen molar-refractivity contribution in [1.29, 1.82) is 0 Å². The molecule has 0 aromatic heterocycles. The Morgan fingerprint density at radius 3 is 1.94 bits per heavy atom. The molecule has 0 heterocycles. The third-order valence-corrected chi connectivity index (χ3v) is 6.10.